The Hall–Kier alpha value is -1.88. The second-order valence-electron chi connectivity index (χ2n) is 3.59. The second kappa shape index (κ2) is 3.85. The standard InChI is InChI=1S/C12H8BrN3O/c13-11-10(8-2-4-9(17)5-3-8)15-12-14-6-1-7-16(11)12/h1-7,17H. The van der Waals surface area contributed by atoms with Gasteiger partial charge in [-0.2, -0.15) is 0 Å². The topological polar surface area (TPSA) is 50.4 Å². The summed E-state index contributed by atoms with van der Waals surface area (Å²) in [5, 5.41) is 9.26. The molecule has 0 fully saturated rings. The zero-order valence-electron chi connectivity index (χ0n) is 8.71. The first kappa shape index (κ1) is 10.3. The molecule has 0 aliphatic heterocycles. The maximum Gasteiger partial charge on any atom is 0.235 e. The quantitative estimate of drug-likeness (QED) is 0.749. The van der Waals surface area contributed by atoms with Gasteiger partial charge < -0.3 is 5.11 Å². The lowest BCUT2D eigenvalue weighted by molar-refractivity contribution is 0.475. The molecular formula is C12H8BrN3O. The number of hydrogen-bond acceptors (Lipinski definition) is 3. The number of fused-ring (bicyclic) bond motifs is 1. The third kappa shape index (κ3) is 1.68. The summed E-state index contributed by atoms with van der Waals surface area (Å²) in [6.45, 7) is 0. The molecule has 0 atom stereocenters. The van der Waals surface area contributed by atoms with Gasteiger partial charge in [0.05, 0.1) is 0 Å². The average Bonchev–Trinajstić information content (AvgIpc) is 2.69. The molecule has 0 aliphatic carbocycles. The zero-order chi connectivity index (χ0) is 11.8. The molecule has 4 nitrogen and oxygen atoms in total. The molecule has 1 aromatic carbocycles. The van der Waals surface area contributed by atoms with Crippen LogP contribution in [0.5, 0.6) is 5.75 Å². The Balaban J connectivity index is 2.24. The summed E-state index contributed by atoms with van der Waals surface area (Å²) < 4.78 is 2.72. The normalized spacial score (nSPS) is 10.9. The molecule has 17 heavy (non-hydrogen) atoms. The van der Waals surface area contributed by atoms with Gasteiger partial charge >= 0.3 is 0 Å². The summed E-state index contributed by atoms with van der Waals surface area (Å²) in [6.07, 6.45) is 3.60. The molecule has 2 aromatic heterocycles. The monoisotopic (exact) mass is 289 g/mol. The van der Waals surface area contributed by atoms with E-state index in [2.05, 4.69) is 25.9 Å². The molecule has 0 aliphatic rings. The van der Waals surface area contributed by atoms with Gasteiger partial charge in [-0.1, -0.05) is 0 Å². The molecule has 0 saturated heterocycles. The molecule has 0 amide bonds. The predicted molar refractivity (Wildman–Crippen MR) is 67.8 cm³/mol. The fraction of sp³-hybridized carbons (Fsp3) is 0. The van der Waals surface area contributed by atoms with E-state index in [1.165, 1.54) is 0 Å². The number of benzene rings is 1. The van der Waals surface area contributed by atoms with Crippen molar-refractivity contribution in [3.05, 3.63) is 47.3 Å². The molecule has 84 valence electrons. The van der Waals surface area contributed by atoms with Crippen LogP contribution in [0.25, 0.3) is 17.0 Å². The molecule has 0 bridgehead atoms. The molecule has 0 radical (unpaired) electrons. The molecule has 3 rings (SSSR count). The van der Waals surface area contributed by atoms with Crippen LogP contribution in [-0.4, -0.2) is 19.5 Å². The van der Waals surface area contributed by atoms with Gasteiger partial charge in [-0.25, -0.2) is 9.97 Å². The van der Waals surface area contributed by atoms with Crippen LogP contribution >= 0.6 is 15.9 Å². The third-order valence-corrected chi connectivity index (χ3v) is 3.24. The first-order valence-electron chi connectivity index (χ1n) is 5.04. The van der Waals surface area contributed by atoms with Crippen molar-refractivity contribution in [2.24, 2.45) is 0 Å². The number of halogens is 1. The summed E-state index contributed by atoms with van der Waals surface area (Å²) in [7, 11) is 0. The van der Waals surface area contributed by atoms with Crippen LogP contribution in [0.2, 0.25) is 0 Å². The highest BCUT2D eigenvalue weighted by Crippen LogP contribution is 2.28. The van der Waals surface area contributed by atoms with E-state index in [0.717, 1.165) is 15.9 Å². The Morgan fingerprint density at radius 1 is 1.18 bits per heavy atom. The van der Waals surface area contributed by atoms with Crippen molar-refractivity contribution in [2.75, 3.05) is 0 Å². The summed E-state index contributed by atoms with van der Waals surface area (Å²) in [5.41, 5.74) is 1.74. The van der Waals surface area contributed by atoms with Crippen LogP contribution in [0.15, 0.2) is 47.3 Å². The molecule has 0 saturated carbocycles. The Morgan fingerprint density at radius 2 is 1.94 bits per heavy atom. The van der Waals surface area contributed by atoms with Gasteiger partial charge in [0.1, 0.15) is 16.0 Å². The first-order valence-corrected chi connectivity index (χ1v) is 5.83. The van der Waals surface area contributed by atoms with E-state index in [0.29, 0.717) is 5.78 Å². The second-order valence-corrected chi connectivity index (χ2v) is 4.34. The number of nitrogens with zero attached hydrogens (tertiary/aromatic N) is 3. The first-order chi connectivity index (χ1) is 8.25. The van der Waals surface area contributed by atoms with Crippen LogP contribution < -0.4 is 0 Å². The number of aromatic hydroxyl groups is 1. The van der Waals surface area contributed by atoms with Gasteiger partial charge in [0.15, 0.2) is 0 Å². The minimum absolute atomic E-state index is 0.242. The Kier molecular flexibility index (Phi) is 2.33. The predicted octanol–water partition coefficient (Wildman–Crippen LogP) is 2.86. The lowest BCUT2D eigenvalue weighted by Gasteiger charge is -1.98. The molecule has 0 spiro atoms. The van der Waals surface area contributed by atoms with Crippen LogP contribution in [-0.2, 0) is 0 Å². The van der Waals surface area contributed by atoms with Crippen LogP contribution in [0, 0.1) is 0 Å². The van der Waals surface area contributed by atoms with Gasteiger partial charge in [0, 0.05) is 18.0 Å². The average molecular weight is 290 g/mol. The van der Waals surface area contributed by atoms with Crippen molar-refractivity contribution in [3.63, 3.8) is 0 Å². The molecule has 5 heteroatoms. The van der Waals surface area contributed by atoms with Gasteiger partial charge in [0.2, 0.25) is 5.78 Å². The van der Waals surface area contributed by atoms with E-state index in [1.807, 2.05) is 28.8 Å². The SMILES string of the molecule is Oc1ccc(-c2nc3ncccn3c2Br)cc1. The lowest BCUT2D eigenvalue weighted by atomic mass is 10.2. The summed E-state index contributed by atoms with van der Waals surface area (Å²) >= 11 is 3.51. The van der Waals surface area contributed by atoms with E-state index in [4.69, 9.17) is 0 Å². The van der Waals surface area contributed by atoms with Crippen LogP contribution in [0.4, 0.5) is 0 Å². The van der Waals surface area contributed by atoms with E-state index in [9.17, 15) is 5.11 Å². The Labute approximate surface area is 106 Å². The van der Waals surface area contributed by atoms with E-state index in [-0.39, 0.29) is 5.75 Å². The fourth-order valence-corrected chi connectivity index (χ4v) is 2.26. The highest BCUT2D eigenvalue weighted by atomic mass is 79.9. The molecule has 2 heterocycles. The Morgan fingerprint density at radius 3 is 2.65 bits per heavy atom. The molecule has 1 N–H and O–H groups in total. The van der Waals surface area contributed by atoms with Crippen molar-refractivity contribution >= 4 is 21.7 Å². The van der Waals surface area contributed by atoms with Crippen molar-refractivity contribution in [1.82, 2.24) is 14.4 Å². The van der Waals surface area contributed by atoms with E-state index in [1.54, 1.807) is 18.3 Å². The number of hydrogen-bond donors (Lipinski definition) is 1. The van der Waals surface area contributed by atoms with E-state index >= 15 is 0 Å². The van der Waals surface area contributed by atoms with E-state index < -0.39 is 0 Å². The summed E-state index contributed by atoms with van der Waals surface area (Å²) in [6, 6.07) is 8.77. The zero-order valence-corrected chi connectivity index (χ0v) is 10.3. The molecule has 0 unspecified atom stereocenters. The minimum Gasteiger partial charge on any atom is -0.508 e. The van der Waals surface area contributed by atoms with Crippen LogP contribution in [0.3, 0.4) is 0 Å². The number of phenols is 1. The van der Waals surface area contributed by atoms with Gasteiger partial charge in [-0.15, -0.1) is 0 Å². The van der Waals surface area contributed by atoms with Crippen molar-refractivity contribution in [2.45, 2.75) is 0 Å². The smallest absolute Gasteiger partial charge is 0.235 e. The fourth-order valence-electron chi connectivity index (χ4n) is 1.66. The number of phenolic OH excluding ortho intramolecular Hbond substituents is 1. The maximum absolute atomic E-state index is 9.26. The van der Waals surface area contributed by atoms with Gasteiger partial charge in [0.25, 0.3) is 0 Å². The Bertz CT molecular complexity index is 676. The maximum atomic E-state index is 9.26. The van der Waals surface area contributed by atoms with Crippen LogP contribution in [0.1, 0.15) is 0 Å². The van der Waals surface area contributed by atoms with Crippen molar-refractivity contribution in [1.29, 1.82) is 0 Å². The lowest BCUT2D eigenvalue weighted by Crippen LogP contribution is -1.85. The number of aromatic nitrogens is 3. The molecule has 3 aromatic rings. The minimum atomic E-state index is 0.242. The van der Waals surface area contributed by atoms with Gasteiger partial charge in [-0.3, -0.25) is 4.40 Å². The van der Waals surface area contributed by atoms with Crippen molar-refractivity contribution < 1.29 is 5.11 Å². The molecular weight excluding hydrogens is 282 g/mol. The summed E-state index contributed by atoms with van der Waals surface area (Å²) in [4.78, 5) is 8.61. The van der Waals surface area contributed by atoms with Gasteiger partial charge in [-0.05, 0) is 46.3 Å². The highest BCUT2D eigenvalue weighted by Gasteiger charge is 2.11. The highest BCUT2D eigenvalue weighted by molar-refractivity contribution is 9.10. The third-order valence-electron chi connectivity index (χ3n) is 2.49. The van der Waals surface area contributed by atoms with Crippen molar-refractivity contribution in [3.8, 4) is 17.0 Å². The number of imidazole rings is 1. The number of rotatable bonds is 1. The summed E-state index contributed by atoms with van der Waals surface area (Å²) in [5.74, 6) is 0.884. The largest absolute Gasteiger partial charge is 0.508 e.